The molecule has 138 valence electrons. The maximum absolute atomic E-state index is 12.8. The van der Waals surface area contributed by atoms with E-state index in [4.69, 9.17) is 21.4 Å². The number of nitrogens with one attached hydrogen (secondary N) is 2. The van der Waals surface area contributed by atoms with E-state index >= 15 is 0 Å². The van der Waals surface area contributed by atoms with Gasteiger partial charge in [-0.1, -0.05) is 11.8 Å². The lowest BCUT2D eigenvalue weighted by molar-refractivity contribution is 0.555. The Labute approximate surface area is 161 Å². The Hall–Kier alpha value is -2.85. The van der Waals surface area contributed by atoms with Crippen LogP contribution in [-0.2, 0) is 20.0 Å². The Morgan fingerprint density at radius 2 is 2.33 bits per heavy atom. The van der Waals surface area contributed by atoms with Gasteiger partial charge in [0.05, 0.1) is 23.5 Å². The summed E-state index contributed by atoms with van der Waals surface area (Å²) in [5.41, 5.74) is 1.47. The van der Waals surface area contributed by atoms with Crippen molar-refractivity contribution in [2.45, 2.75) is 17.9 Å². The summed E-state index contributed by atoms with van der Waals surface area (Å²) < 4.78 is 7.98. The van der Waals surface area contributed by atoms with Gasteiger partial charge in [-0.3, -0.25) is 15.3 Å². The van der Waals surface area contributed by atoms with Crippen molar-refractivity contribution in [2.75, 3.05) is 0 Å². The third kappa shape index (κ3) is 3.40. The molecule has 0 bridgehead atoms. The number of nitrogens with zero attached hydrogens (tertiary/aromatic N) is 5. The summed E-state index contributed by atoms with van der Waals surface area (Å²) in [4.78, 5) is 17.6. The van der Waals surface area contributed by atoms with Gasteiger partial charge in [-0.2, -0.15) is 10.2 Å². The number of thioether (sulfide) groups is 1. The van der Waals surface area contributed by atoms with Crippen molar-refractivity contribution in [2.24, 2.45) is 7.05 Å². The molecule has 0 unspecified atom stereocenters. The molecular weight excluding hydrogens is 390 g/mol. The van der Waals surface area contributed by atoms with E-state index in [1.165, 1.54) is 22.8 Å². The van der Waals surface area contributed by atoms with E-state index < -0.39 is 0 Å². The molecule has 4 rings (SSSR count). The minimum Gasteiger partial charge on any atom is -0.432 e. The van der Waals surface area contributed by atoms with E-state index in [1.807, 2.05) is 12.3 Å². The van der Waals surface area contributed by atoms with E-state index in [-0.39, 0.29) is 17.3 Å². The Morgan fingerprint density at radius 3 is 3.04 bits per heavy atom. The molecule has 0 aliphatic rings. The normalized spacial score (nSPS) is 11.3. The number of halogens is 1. The Bertz CT molecular complexity index is 1180. The van der Waals surface area contributed by atoms with Crippen molar-refractivity contribution in [3.05, 3.63) is 58.0 Å². The second-order valence-electron chi connectivity index (χ2n) is 5.81. The maximum atomic E-state index is 12.8. The SMILES string of the molecule is Cn1cc(SC(=N)Cc2cc[nH]n2)c2cnn(Cc3ncoc3Cl)c(=O)c21. The Balaban J connectivity index is 1.64. The molecule has 0 fully saturated rings. The van der Waals surface area contributed by atoms with Crippen molar-refractivity contribution in [1.29, 1.82) is 5.41 Å². The molecular formula is C16H14ClN7O2S. The highest BCUT2D eigenvalue weighted by molar-refractivity contribution is 8.14. The summed E-state index contributed by atoms with van der Waals surface area (Å²) in [6.45, 7) is 0.118. The molecule has 0 saturated heterocycles. The molecule has 0 saturated carbocycles. The predicted molar refractivity (Wildman–Crippen MR) is 101 cm³/mol. The summed E-state index contributed by atoms with van der Waals surface area (Å²) >= 11 is 7.19. The number of fused-ring (bicyclic) bond motifs is 1. The van der Waals surface area contributed by atoms with Gasteiger partial charge in [0.15, 0.2) is 6.39 Å². The summed E-state index contributed by atoms with van der Waals surface area (Å²) in [7, 11) is 1.79. The molecule has 0 aromatic carbocycles. The van der Waals surface area contributed by atoms with Gasteiger partial charge in [0.1, 0.15) is 11.2 Å². The van der Waals surface area contributed by atoms with Gasteiger partial charge in [0.25, 0.3) is 5.56 Å². The van der Waals surface area contributed by atoms with Crippen LogP contribution in [-0.4, -0.2) is 34.6 Å². The zero-order chi connectivity index (χ0) is 19.0. The van der Waals surface area contributed by atoms with Crippen molar-refractivity contribution >= 4 is 39.3 Å². The summed E-state index contributed by atoms with van der Waals surface area (Å²) in [6, 6.07) is 1.83. The summed E-state index contributed by atoms with van der Waals surface area (Å²) in [5.74, 6) is 0. The van der Waals surface area contributed by atoms with Crippen molar-refractivity contribution in [3.8, 4) is 0 Å². The average Bonchev–Trinajstić information content (AvgIpc) is 3.33. The van der Waals surface area contributed by atoms with Crippen LogP contribution in [0.2, 0.25) is 5.22 Å². The molecule has 4 aromatic heterocycles. The Kier molecular flexibility index (Phi) is 4.58. The van der Waals surface area contributed by atoms with Crippen molar-refractivity contribution < 1.29 is 4.42 Å². The minimum atomic E-state index is -0.264. The maximum Gasteiger partial charge on any atom is 0.291 e. The zero-order valence-corrected chi connectivity index (χ0v) is 15.7. The predicted octanol–water partition coefficient (Wildman–Crippen LogP) is 2.46. The van der Waals surface area contributed by atoms with Gasteiger partial charge in [0, 0.05) is 36.1 Å². The highest BCUT2D eigenvalue weighted by Crippen LogP contribution is 2.29. The number of hydrogen-bond acceptors (Lipinski definition) is 7. The van der Waals surface area contributed by atoms with Crippen molar-refractivity contribution in [1.82, 2.24) is 29.5 Å². The molecule has 4 heterocycles. The highest BCUT2D eigenvalue weighted by Gasteiger charge is 2.16. The molecule has 0 radical (unpaired) electrons. The van der Waals surface area contributed by atoms with Gasteiger partial charge in [-0.15, -0.1) is 0 Å². The second kappa shape index (κ2) is 7.05. The summed E-state index contributed by atoms with van der Waals surface area (Å²) in [6.07, 6.45) is 6.81. The van der Waals surface area contributed by atoms with E-state index in [1.54, 1.807) is 24.0 Å². The van der Waals surface area contributed by atoms with E-state index in [0.717, 1.165) is 10.6 Å². The molecule has 0 atom stereocenters. The quantitative estimate of drug-likeness (QED) is 0.300. The first-order valence-corrected chi connectivity index (χ1v) is 9.09. The third-order valence-electron chi connectivity index (χ3n) is 3.97. The number of hydrogen-bond donors (Lipinski definition) is 2. The number of aromatic nitrogens is 6. The molecule has 4 aromatic rings. The first-order valence-electron chi connectivity index (χ1n) is 7.90. The topological polar surface area (TPSA) is 118 Å². The number of aromatic amines is 1. The van der Waals surface area contributed by atoms with Crippen LogP contribution >= 0.6 is 23.4 Å². The Morgan fingerprint density at radius 1 is 1.48 bits per heavy atom. The van der Waals surface area contributed by atoms with E-state index in [0.29, 0.717) is 28.1 Å². The second-order valence-corrected chi connectivity index (χ2v) is 7.29. The van der Waals surface area contributed by atoms with Crippen LogP contribution in [0.15, 0.2) is 45.2 Å². The first kappa shape index (κ1) is 17.6. The third-order valence-corrected chi connectivity index (χ3v) is 5.22. The van der Waals surface area contributed by atoms with Gasteiger partial charge in [-0.25, -0.2) is 9.67 Å². The molecule has 0 amide bonds. The lowest BCUT2D eigenvalue weighted by Gasteiger charge is -2.04. The molecule has 9 nitrogen and oxygen atoms in total. The monoisotopic (exact) mass is 403 g/mol. The van der Waals surface area contributed by atoms with Crippen LogP contribution in [0.3, 0.4) is 0 Å². The largest absolute Gasteiger partial charge is 0.432 e. The van der Waals surface area contributed by atoms with Crippen LogP contribution < -0.4 is 5.56 Å². The van der Waals surface area contributed by atoms with Crippen LogP contribution in [0.5, 0.6) is 0 Å². The molecule has 0 aliphatic carbocycles. The van der Waals surface area contributed by atoms with Crippen LogP contribution in [0.1, 0.15) is 11.4 Å². The van der Waals surface area contributed by atoms with Gasteiger partial charge < -0.3 is 8.98 Å². The molecule has 27 heavy (non-hydrogen) atoms. The van der Waals surface area contributed by atoms with Crippen molar-refractivity contribution in [3.63, 3.8) is 0 Å². The van der Waals surface area contributed by atoms with E-state index in [9.17, 15) is 4.79 Å². The van der Waals surface area contributed by atoms with Crippen LogP contribution in [0.25, 0.3) is 10.9 Å². The van der Waals surface area contributed by atoms with Gasteiger partial charge >= 0.3 is 0 Å². The van der Waals surface area contributed by atoms with Crippen LogP contribution in [0, 0.1) is 5.41 Å². The molecule has 11 heteroatoms. The lowest BCUT2D eigenvalue weighted by Crippen LogP contribution is -2.24. The van der Waals surface area contributed by atoms with Gasteiger partial charge in [0.2, 0.25) is 5.22 Å². The number of oxazole rings is 1. The van der Waals surface area contributed by atoms with E-state index in [2.05, 4.69) is 20.3 Å². The number of H-pyrrole nitrogens is 1. The molecule has 0 spiro atoms. The average molecular weight is 404 g/mol. The first-order chi connectivity index (χ1) is 13.0. The standard InChI is InChI=1S/C16H14ClN7O2S/c1-23-7-12(27-13(18)4-9-2-3-20-22-9)10-5-21-24(16(25)14(10)23)6-11-15(17)26-8-19-11/h2-3,5,7-8,18H,4,6H2,1H3,(H,20,22). The number of rotatable bonds is 5. The minimum absolute atomic E-state index is 0.118. The highest BCUT2D eigenvalue weighted by atomic mass is 35.5. The smallest absolute Gasteiger partial charge is 0.291 e. The zero-order valence-electron chi connectivity index (χ0n) is 14.1. The van der Waals surface area contributed by atoms with Crippen LogP contribution in [0.4, 0.5) is 0 Å². The summed E-state index contributed by atoms with van der Waals surface area (Å²) in [5, 5.41) is 20.5. The number of aryl methyl sites for hydroxylation is 1. The lowest BCUT2D eigenvalue weighted by atomic mass is 10.3. The fourth-order valence-corrected chi connectivity index (χ4v) is 3.83. The molecule has 0 aliphatic heterocycles. The van der Waals surface area contributed by atoms with Gasteiger partial charge in [-0.05, 0) is 17.7 Å². The fourth-order valence-electron chi connectivity index (χ4n) is 2.73. The molecule has 2 N–H and O–H groups in total. The fraction of sp³-hybridized carbons (Fsp3) is 0.188.